The summed E-state index contributed by atoms with van der Waals surface area (Å²) in [6.07, 6.45) is 0. The van der Waals surface area contributed by atoms with Crippen LogP contribution in [0, 0.1) is 16.4 Å². The van der Waals surface area contributed by atoms with Gasteiger partial charge in [-0.2, -0.15) is 0 Å². The van der Waals surface area contributed by atoms with E-state index >= 15 is 0 Å². The number of aryl methyl sites for hydroxylation is 1. The minimum atomic E-state index is -0.368. The Balaban J connectivity index is 2.91. The Labute approximate surface area is 123 Å². The lowest BCUT2D eigenvalue weighted by Gasteiger charge is -2.33. The van der Waals surface area contributed by atoms with Gasteiger partial charge in [-0.15, -0.1) is 0 Å². The van der Waals surface area contributed by atoms with Gasteiger partial charge in [0.2, 0.25) is 0 Å². The van der Waals surface area contributed by atoms with Gasteiger partial charge in [0.05, 0.1) is 5.54 Å². The molecule has 0 saturated heterocycles. The topological polar surface area (TPSA) is 55.1 Å². The van der Waals surface area contributed by atoms with E-state index in [0.717, 1.165) is 3.57 Å². The van der Waals surface area contributed by atoms with Crippen molar-refractivity contribution in [3.05, 3.63) is 32.9 Å². The van der Waals surface area contributed by atoms with Crippen LogP contribution >= 0.6 is 22.6 Å². The fourth-order valence-electron chi connectivity index (χ4n) is 1.50. The maximum Gasteiger partial charge on any atom is 0.251 e. The molecule has 0 spiro atoms. The lowest BCUT2D eigenvalue weighted by molar-refractivity contribution is 0.0883. The first-order valence-corrected chi connectivity index (χ1v) is 7.17. The normalized spacial score (nSPS) is 14.4. The summed E-state index contributed by atoms with van der Waals surface area (Å²) in [6.45, 7) is 8.56. The van der Waals surface area contributed by atoms with Gasteiger partial charge in [0.1, 0.15) is 0 Å². The van der Waals surface area contributed by atoms with E-state index in [1.165, 1.54) is 5.56 Å². The van der Waals surface area contributed by atoms with E-state index in [-0.39, 0.29) is 17.4 Å². The molecule has 0 radical (unpaired) electrons. The number of nitrogens with one attached hydrogen (secondary N) is 1. The first-order chi connectivity index (χ1) is 8.30. The SMILES string of the molecule is Cc1ccc(C(=O)NC(C)(CN)C(C)C)cc1I. The molecule has 100 valence electrons. The molecule has 0 bridgehead atoms. The molecule has 1 aromatic rings. The van der Waals surface area contributed by atoms with Gasteiger partial charge in [-0.1, -0.05) is 19.9 Å². The van der Waals surface area contributed by atoms with Crippen molar-refractivity contribution in [3.8, 4) is 0 Å². The molecule has 3 nitrogen and oxygen atoms in total. The van der Waals surface area contributed by atoms with Gasteiger partial charge in [0, 0.05) is 15.7 Å². The Bertz CT molecular complexity index is 445. The Hall–Kier alpha value is -0.620. The summed E-state index contributed by atoms with van der Waals surface area (Å²) < 4.78 is 1.10. The maximum atomic E-state index is 12.2. The summed E-state index contributed by atoms with van der Waals surface area (Å²) >= 11 is 2.24. The molecule has 3 N–H and O–H groups in total. The molecule has 0 aliphatic carbocycles. The van der Waals surface area contributed by atoms with Crippen LogP contribution in [0.4, 0.5) is 0 Å². The van der Waals surface area contributed by atoms with E-state index in [2.05, 4.69) is 41.8 Å². The number of rotatable bonds is 4. The zero-order chi connectivity index (χ0) is 13.9. The lowest BCUT2D eigenvalue weighted by atomic mass is 9.88. The van der Waals surface area contributed by atoms with Gasteiger partial charge in [0.25, 0.3) is 5.91 Å². The van der Waals surface area contributed by atoms with Gasteiger partial charge < -0.3 is 11.1 Å². The average Bonchev–Trinajstić information content (AvgIpc) is 2.32. The highest BCUT2D eigenvalue weighted by Gasteiger charge is 2.28. The summed E-state index contributed by atoms with van der Waals surface area (Å²) in [6, 6.07) is 5.72. The number of amides is 1. The number of benzene rings is 1. The van der Waals surface area contributed by atoms with Crippen molar-refractivity contribution in [1.29, 1.82) is 0 Å². The van der Waals surface area contributed by atoms with E-state index in [0.29, 0.717) is 12.1 Å². The number of carbonyl (C=O) groups excluding carboxylic acids is 1. The van der Waals surface area contributed by atoms with Crippen molar-refractivity contribution in [1.82, 2.24) is 5.32 Å². The molecule has 0 heterocycles. The zero-order valence-corrected chi connectivity index (χ0v) is 13.5. The molecule has 0 aliphatic heterocycles. The fraction of sp³-hybridized carbons (Fsp3) is 0.500. The van der Waals surface area contributed by atoms with Crippen LogP contribution < -0.4 is 11.1 Å². The van der Waals surface area contributed by atoms with Crippen molar-refractivity contribution >= 4 is 28.5 Å². The van der Waals surface area contributed by atoms with Crippen LogP contribution in [0.2, 0.25) is 0 Å². The third kappa shape index (κ3) is 3.45. The molecule has 0 aliphatic rings. The molecule has 18 heavy (non-hydrogen) atoms. The molecule has 4 heteroatoms. The van der Waals surface area contributed by atoms with E-state index < -0.39 is 0 Å². The largest absolute Gasteiger partial charge is 0.345 e. The summed E-state index contributed by atoms with van der Waals surface area (Å²) in [5.74, 6) is 0.227. The summed E-state index contributed by atoms with van der Waals surface area (Å²) in [5, 5.41) is 3.04. The number of hydrogen-bond donors (Lipinski definition) is 2. The first-order valence-electron chi connectivity index (χ1n) is 6.09. The fourth-order valence-corrected chi connectivity index (χ4v) is 2.01. The second-order valence-corrected chi connectivity index (χ2v) is 6.36. The number of hydrogen-bond acceptors (Lipinski definition) is 2. The predicted octanol–water partition coefficient (Wildman–Crippen LogP) is 2.70. The summed E-state index contributed by atoms with van der Waals surface area (Å²) in [5.41, 5.74) is 7.27. The smallest absolute Gasteiger partial charge is 0.251 e. The second kappa shape index (κ2) is 6.02. The third-order valence-corrected chi connectivity index (χ3v) is 4.69. The Morgan fingerprint density at radius 3 is 2.56 bits per heavy atom. The van der Waals surface area contributed by atoms with Crippen molar-refractivity contribution in [2.24, 2.45) is 11.7 Å². The highest BCUT2D eigenvalue weighted by Crippen LogP contribution is 2.17. The Kier molecular flexibility index (Phi) is 5.16. The summed E-state index contributed by atoms with van der Waals surface area (Å²) in [7, 11) is 0. The predicted molar refractivity (Wildman–Crippen MR) is 83.7 cm³/mol. The molecule has 1 atom stereocenters. The molecule has 1 amide bonds. The van der Waals surface area contributed by atoms with Crippen LogP contribution in [0.1, 0.15) is 36.7 Å². The van der Waals surface area contributed by atoms with Crippen molar-refractivity contribution in [2.45, 2.75) is 33.2 Å². The van der Waals surface area contributed by atoms with Crippen LogP contribution in [0.25, 0.3) is 0 Å². The molecule has 1 aromatic carbocycles. The third-order valence-electron chi connectivity index (χ3n) is 3.53. The highest BCUT2D eigenvalue weighted by atomic mass is 127. The average molecular weight is 360 g/mol. The van der Waals surface area contributed by atoms with Gasteiger partial charge in [-0.3, -0.25) is 4.79 Å². The first kappa shape index (κ1) is 15.4. The van der Waals surface area contributed by atoms with E-state index in [9.17, 15) is 4.79 Å². The summed E-state index contributed by atoms with van der Waals surface area (Å²) in [4.78, 5) is 12.2. The molecular formula is C14H21IN2O. The monoisotopic (exact) mass is 360 g/mol. The van der Waals surface area contributed by atoms with E-state index in [4.69, 9.17) is 5.73 Å². The molecular weight excluding hydrogens is 339 g/mol. The van der Waals surface area contributed by atoms with Crippen LogP contribution in [0.3, 0.4) is 0 Å². The molecule has 0 fully saturated rings. The minimum absolute atomic E-state index is 0.0606. The van der Waals surface area contributed by atoms with E-state index in [1.54, 1.807) is 0 Å². The molecule has 1 rings (SSSR count). The number of carbonyl (C=O) groups is 1. The number of nitrogens with two attached hydrogens (primary N) is 1. The van der Waals surface area contributed by atoms with Gasteiger partial charge in [-0.25, -0.2) is 0 Å². The second-order valence-electron chi connectivity index (χ2n) is 5.19. The van der Waals surface area contributed by atoms with E-state index in [1.807, 2.05) is 32.0 Å². The van der Waals surface area contributed by atoms with Crippen LogP contribution in [0.5, 0.6) is 0 Å². The highest BCUT2D eigenvalue weighted by molar-refractivity contribution is 14.1. The standard InChI is InChI=1S/C14H21IN2O/c1-9(2)14(4,8-16)17-13(18)11-6-5-10(3)12(15)7-11/h5-7,9H,8,16H2,1-4H3,(H,17,18). The minimum Gasteiger partial charge on any atom is -0.345 e. The Morgan fingerprint density at radius 2 is 2.11 bits per heavy atom. The molecule has 0 aromatic heterocycles. The van der Waals surface area contributed by atoms with Crippen molar-refractivity contribution < 1.29 is 4.79 Å². The van der Waals surface area contributed by atoms with Crippen molar-refractivity contribution in [3.63, 3.8) is 0 Å². The van der Waals surface area contributed by atoms with Crippen LogP contribution in [0.15, 0.2) is 18.2 Å². The quantitative estimate of drug-likeness (QED) is 0.812. The van der Waals surface area contributed by atoms with Gasteiger partial charge in [0.15, 0.2) is 0 Å². The molecule has 1 unspecified atom stereocenters. The Morgan fingerprint density at radius 1 is 1.50 bits per heavy atom. The van der Waals surface area contributed by atoms with Gasteiger partial charge >= 0.3 is 0 Å². The van der Waals surface area contributed by atoms with Crippen LogP contribution in [-0.4, -0.2) is 18.0 Å². The maximum absolute atomic E-state index is 12.2. The molecule has 0 saturated carbocycles. The number of halogens is 1. The van der Waals surface area contributed by atoms with Gasteiger partial charge in [-0.05, 0) is 60.1 Å². The van der Waals surface area contributed by atoms with Crippen molar-refractivity contribution in [2.75, 3.05) is 6.54 Å². The zero-order valence-electron chi connectivity index (χ0n) is 11.4. The lowest BCUT2D eigenvalue weighted by Crippen LogP contribution is -2.55. The van der Waals surface area contributed by atoms with Crippen LogP contribution in [-0.2, 0) is 0 Å².